The molecular formula is C27H35N3O6. The van der Waals surface area contributed by atoms with Gasteiger partial charge in [0.25, 0.3) is 0 Å². The van der Waals surface area contributed by atoms with Crippen LogP contribution >= 0.6 is 0 Å². The van der Waals surface area contributed by atoms with Gasteiger partial charge in [-0.1, -0.05) is 42.5 Å². The van der Waals surface area contributed by atoms with Crippen LogP contribution in [0.4, 0.5) is 4.79 Å². The van der Waals surface area contributed by atoms with E-state index in [0.29, 0.717) is 6.42 Å². The Kier molecular flexibility index (Phi) is 8.55. The molecule has 0 aliphatic carbocycles. The molecule has 194 valence electrons. The van der Waals surface area contributed by atoms with Gasteiger partial charge >= 0.3 is 12.1 Å². The molecular weight excluding hydrogens is 462 g/mol. The minimum absolute atomic E-state index is 0.0335. The van der Waals surface area contributed by atoms with Crippen molar-refractivity contribution in [2.45, 2.75) is 58.2 Å². The molecule has 1 N–H and O–H groups in total. The zero-order valence-electron chi connectivity index (χ0n) is 21.6. The maximum atomic E-state index is 13.7. The van der Waals surface area contributed by atoms with Gasteiger partial charge in [-0.25, -0.2) is 4.79 Å². The Hall–Kier alpha value is -3.62. The summed E-state index contributed by atoms with van der Waals surface area (Å²) >= 11 is 0. The third kappa shape index (κ3) is 6.74. The van der Waals surface area contributed by atoms with Crippen LogP contribution in [0.25, 0.3) is 10.8 Å². The molecule has 1 saturated heterocycles. The topological polar surface area (TPSA) is 105 Å². The molecule has 9 nitrogen and oxygen atoms in total. The van der Waals surface area contributed by atoms with Crippen molar-refractivity contribution in [1.82, 2.24) is 15.1 Å². The summed E-state index contributed by atoms with van der Waals surface area (Å²) in [5, 5.41) is 4.81. The Balaban J connectivity index is 1.87. The first kappa shape index (κ1) is 27.0. The van der Waals surface area contributed by atoms with E-state index in [0.717, 1.165) is 16.3 Å². The van der Waals surface area contributed by atoms with Crippen molar-refractivity contribution in [3.05, 3.63) is 48.0 Å². The zero-order chi connectivity index (χ0) is 26.5. The Morgan fingerprint density at radius 2 is 1.78 bits per heavy atom. The van der Waals surface area contributed by atoms with Crippen LogP contribution in [0.15, 0.2) is 42.5 Å². The van der Waals surface area contributed by atoms with Crippen LogP contribution in [0.5, 0.6) is 0 Å². The van der Waals surface area contributed by atoms with Crippen LogP contribution in [0.1, 0.15) is 39.7 Å². The van der Waals surface area contributed by atoms with Crippen LogP contribution in [-0.4, -0.2) is 78.1 Å². The first-order valence-corrected chi connectivity index (χ1v) is 12.1. The van der Waals surface area contributed by atoms with Gasteiger partial charge < -0.3 is 19.7 Å². The fourth-order valence-corrected chi connectivity index (χ4v) is 4.35. The molecule has 1 fully saturated rings. The molecule has 2 aromatic rings. The van der Waals surface area contributed by atoms with Crippen molar-refractivity contribution in [3.8, 4) is 0 Å². The van der Waals surface area contributed by atoms with Crippen molar-refractivity contribution in [3.63, 3.8) is 0 Å². The van der Waals surface area contributed by atoms with E-state index in [-0.39, 0.29) is 37.9 Å². The predicted molar refractivity (Wildman–Crippen MR) is 135 cm³/mol. The highest BCUT2D eigenvalue weighted by Crippen LogP contribution is 2.23. The lowest BCUT2D eigenvalue weighted by molar-refractivity contribution is -0.151. The fraction of sp³-hybridized carbons (Fsp3) is 0.481. The van der Waals surface area contributed by atoms with E-state index in [1.807, 2.05) is 42.5 Å². The van der Waals surface area contributed by atoms with Gasteiger partial charge in [-0.3, -0.25) is 19.3 Å². The van der Waals surface area contributed by atoms with E-state index in [2.05, 4.69) is 5.32 Å². The van der Waals surface area contributed by atoms with Gasteiger partial charge in [0.2, 0.25) is 11.8 Å². The van der Waals surface area contributed by atoms with Crippen LogP contribution < -0.4 is 5.32 Å². The number of amides is 3. The number of piperazine rings is 1. The summed E-state index contributed by atoms with van der Waals surface area (Å²) in [6.07, 6.45) is -0.196. The third-order valence-electron chi connectivity index (χ3n) is 6.02. The van der Waals surface area contributed by atoms with Crippen molar-refractivity contribution in [1.29, 1.82) is 0 Å². The second-order valence-electron chi connectivity index (χ2n) is 9.87. The van der Waals surface area contributed by atoms with Gasteiger partial charge in [-0.05, 0) is 37.1 Å². The molecule has 0 aromatic heterocycles. The van der Waals surface area contributed by atoms with E-state index in [4.69, 9.17) is 9.47 Å². The number of esters is 1. The van der Waals surface area contributed by atoms with Gasteiger partial charge in [0.15, 0.2) is 0 Å². The lowest BCUT2D eigenvalue weighted by Crippen LogP contribution is -2.64. The highest BCUT2D eigenvalue weighted by Gasteiger charge is 2.43. The van der Waals surface area contributed by atoms with E-state index >= 15 is 0 Å². The average Bonchev–Trinajstić information content (AvgIpc) is 2.81. The molecule has 36 heavy (non-hydrogen) atoms. The van der Waals surface area contributed by atoms with Crippen LogP contribution in [0.2, 0.25) is 0 Å². The summed E-state index contributed by atoms with van der Waals surface area (Å²) in [5.41, 5.74) is 0.180. The van der Waals surface area contributed by atoms with Crippen molar-refractivity contribution in [2.24, 2.45) is 0 Å². The quantitative estimate of drug-likeness (QED) is 0.590. The number of carbonyl (C=O) groups is 4. The predicted octanol–water partition coefficient (Wildman–Crippen LogP) is 2.90. The number of nitrogens with one attached hydrogen (secondary N) is 1. The van der Waals surface area contributed by atoms with Crippen LogP contribution in [0.3, 0.4) is 0 Å². The van der Waals surface area contributed by atoms with Crippen molar-refractivity contribution >= 4 is 34.6 Å². The fourth-order valence-electron chi connectivity index (χ4n) is 4.35. The monoisotopic (exact) mass is 497 g/mol. The van der Waals surface area contributed by atoms with E-state index in [1.54, 1.807) is 20.8 Å². The smallest absolute Gasteiger partial charge is 0.411 e. The van der Waals surface area contributed by atoms with E-state index in [1.165, 1.54) is 23.8 Å². The maximum absolute atomic E-state index is 13.7. The lowest BCUT2D eigenvalue weighted by Gasteiger charge is -2.43. The highest BCUT2D eigenvalue weighted by molar-refractivity contribution is 5.92. The van der Waals surface area contributed by atoms with Crippen LogP contribution in [0, 0.1) is 0 Å². The summed E-state index contributed by atoms with van der Waals surface area (Å²) in [6, 6.07) is 12.2. The number of rotatable bonds is 7. The standard InChI is InChI=1S/C27H35N3O6/c1-18(31)35-15-12-22-25(33)29(13-14-30(22)26(34)36-27(2,3)4)23(24(32)28-5)17-19-10-11-20-8-6-7-9-21(20)16-19/h6-11,16,22-23H,12-15,17H2,1-5H3,(H,28,32). The molecule has 3 rings (SSSR count). The normalized spacial score (nSPS) is 17.0. The van der Waals surface area contributed by atoms with Gasteiger partial charge in [0.1, 0.15) is 17.7 Å². The molecule has 0 saturated carbocycles. The molecule has 9 heteroatoms. The average molecular weight is 498 g/mol. The van der Waals surface area contributed by atoms with Gasteiger partial charge in [0, 0.05) is 39.9 Å². The van der Waals surface area contributed by atoms with E-state index in [9.17, 15) is 19.2 Å². The number of carbonyl (C=O) groups excluding carboxylic acids is 4. The first-order valence-electron chi connectivity index (χ1n) is 12.1. The zero-order valence-corrected chi connectivity index (χ0v) is 21.6. The number of nitrogens with zero attached hydrogens (tertiary/aromatic N) is 2. The second-order valence-corrected chi connectivity index (χ2v) is 9.87. The number of hydrogen-bond donors (Lipinski definition) is 1. The number of likely N-dealkylation sites (N-methyl/N-ethyl adjacent to an activating group) is 1. The Morgan fingerprint density at radius 1 is 1.08 bits per heavy atom. The van der Waals surface area contributed by atoms with Gasteiger partial charge in [-0.15, -0.1) is 0 Å². The third-order valence-corrected chi connectivity index (χ3v) is 6.02. The molecule has 0 spiro atoms. The Labute approximate surface area is 211 Å². The minimum atomic E-state index is -0.920. The lowest BCUT2D eigenvalue weighted by atomic mass is 9.98. The largest absolute Gasteiger partial charge is 0.466 e. The molecule has 2 aromatic carbocycles. The first-order chi connectivity index (χ1) is 17.0. The van der Waals surface area contributed by atoms with Gasteiger partial charge in [0.05, 0.1) is 6.61 Å². The van der Waals surface area contributed by atoms with Crippen molar-refractivity contribution < 1.29 is 28.7 Å². The molecule has 1 aliphatic heterocycles. The SMILES string of the molecule is CNC(=O)C(Cc1ccc2ccccc2c1)N1CCN(C(=O)OC(C)(C)C)C(CCOC(C)=O)C1=O. The summed E-state index contributed by atoms with van der Waals surface area (Å²) in [4.78, 5) is 53.7. The highest BCUT2D eigenvalue weighted by atomic mass is 16.6. The Bertz CT molecular complexity index is 1130. The van der Waals surface area contributed by atoms with Gasteiger partial charge in [-0.2, -0.15) is 0 Å². The molecule has 0 radical (unpaired) electrons. The molecule has 1 heterocycles. The number of ether oxygens (including phenoxy) is 2. The molecule has 2 atom stereocenters. The summed E-state index contributed by atoms with van der Waals surface area (Å²) in [5.74, 6) is -1.15. The summed E-state index contributed by atoms with van der Waals surface area (Å²) < 4.78 is 10.6. The van der Waals surface area contributed by atoms with E-state index < -0.39 is 29.7 Å². The number of hydrogen-bond acceptors (Lipinski definition) is 6. The maximum Gasteiger partial charge on any atom is 0.411 e. The number of benzene rings is 2. The molecule has 1 aliphatic rings. The summed E-state index contributed by atoms with van der Waals surface area (Å²) in [6.45, 7) is 6.87. The Morgan fingerprint density at radius 3 is 2.42 bits per heavy atom. The summed E-state index contributed by atoms with van der Waals surface area (Å²) in [7, 11) is 1.54. The molecule has 0 bridgehead atoms. The second kappa shape index (κ2) is 11.4. The molecule has 3 amide bonds. The number of fused-ring (bicyclic) bond motifs is 1. The minimum Gasteiger partial charge on any atom is -0.466 e. The van der Waals surface area contributed by atoms with Crippen molar-refractivity contribution in [2.75, 3.05) is 26.7 Å². The van der Waals surface area contributed by atoms with Crippen LogP contribution in [-0.2, 0) is 30.3 Å². The molecule has 2 unspecified atom stereocenters.